The number of aliphatic imine (C=N–C) groups is 1. The highest BCUT2D eigenvalue weighted by Gasteiger charge is 2.05. The minimum atomic E-state index is -0.326. The van der Waals surface area contributed by atoms with E-state index in [0.717, 1.165) is 22.7 Å². The van der Waals surface area contributed by atoms with Gasteiger partial charge in [0.05, 0.1) is 19.4 Å². The highest BCUT2D eigenvalue weighted by Crippen LogP contribution is 2.21. The van der Waals surface area contributed by atoms with E-state index in [1.54, 1.807) is 19.2 Å². The van der Waals surface area contributed by atoms with Crippen LogP contribution < -0.4 is 26.1 Å². The zero-order valence-electron chi connectivity index (χ0n) is 15.6. The Morgan fingerprint density at radius 3 is 2.46 bits per heavy atom. The molecule has 1 heterocycles. The van der Waals surface area contributed by atoms with Gasteiger partial charge in [-0.05, 0) is 55.5 Å². The quantitative estimate of drug-likeness (QED) is 0.448. The van der Waals surface area contributed by atoms with Crippen molar-refractivity contribution in [2.45, 2.75) is 6.92 Å². The van der Waals surface area contributed by atoms with E-state index in [1.807, 2.05) is 43.3 Å². The summed E-state index contributed by atoms with van der Waals surface area (Å²) in [6, 6.07) is 15.9. The molecular weight excluding hydrogens is 358 g/mol. The van der Waals surface area contributed by atoms with Crippen molar-refractivity contribution in [3.8, 4) is 22.8 Å². The minimum absolute atomic E-state index is 0.0965. The number of hydrogen-bond donors (Lipinski definition) is 3. The number of guanidine groups is 1. The Balaban J connectivity index is 1.80. The van der Waals surface area contributed by atoms with Crippen molar-refractivity contribution in [2.75, 3.05) is 19.0 Å². The lowest BCUT2D eigenvalue weighted by Crippen LogP contribution is -2.22. The lowest BCUT2D eigenvalue weighted by Gasteiger charge is -2.07. The van der Waals surface area contributed by atoms with Gasteiger partial charge in [0, 0.05) is 17.3 Å². The Morgan fingerprint density at radius 1 is 1.14 bits per heavy atom. The van der Waals surface area contributed by atoms with Gasteiger partial charge < -0.3 is 20.5 Å². The van der Waals surface area contributed by atoms with Crippen molar-refractivity contribution in [2.24, 2.45) is 10.7 Å². The van der Waals surface area contributed by atoms with Crippen LogP contribution >= 0.6 is 0 Å². The number of aromatic amines is 1. The molecule has 0 saturated heterocycles. The fourth-order valence-corrected chi connectivity index (χ4v) is 2.50. The molecule has 28 heavy (non-hydrogen) atoms. The molecule has 0 unspecified atom stereocenters. The van der Waals surface area contributed by atoms with Gasteiger partial charge in [-0.1, -0.05) is 0 Å². The van der Waals surface area contributed by atoms with Gasteiger partial charge in [0.1, 0.15) is 11.5 Å². The maximum Gasteiger partial charge on any atom is 0.252 e. The molecule has 8 heteroatoms. The maximum atomic E-state index is 12.0. The van der Waals surface area contributed by atoms with Crippen molar-refractivity contribution < 1.29 is 9.47 Å². The smallest absolute Gasteiger partial charge is 0.252 e. The van der Waals surface area contributed by atoms with E-state index in [9.17, 15) is 4.79 Å². The maximum absolute atomic E-state index is 12.0. The highest BCUT2D eigenvalue weighted by molar-refractivity contribution is 5.93. The molecule has 3 rings (SSSR count). The lowest BCUT2D eigenvalue weighted by atomic mass is 10.1. The Hall–Kier alpha value is -3.81. The zero-order chi connectivity index (χ0) is 19.9. The van der Waals surface area contributed by atoms with Gasteiger partial charge in [0.25, 0.3) is 5.56 Å². The summed E-state index contributed by atoms with van der Waals surface area (Å²) in [6.45, 7) is 2.52. The first kappa shape index (κ1) is 19.0. The number of hydrogen-bond acceptors (Lipinski definition) is 5. The average Bonchev–Trinajstić information content (AvgIpc) is 2.69. The number of ether oxygens (including phenoxy) is 2. The molecule has 1 aromatic heterocycles. The molecule has 0 aliphatic heterocycles. The zero-order valence-corrected chi connectivity index (χ0v) is 15.6. The summed E-state index contributed by atoms with van der Waals surface area (Å²) in [5.41, 5.74) is 7.60. The van der Waals surface area contributed by atoms with Crippen LogP contribution in [0.15, 0.2) is 64.4 Å². The topological polar surface area (TPSA) is 115 Å². The first-order chi connectivity index (χ1) is 13.6. The molecule has 144 valence electrons. The first-order valence-corrected chi connectivity index (χ1v) is 8.67. The molecule has 0 aliphatic rings. The monoisotopic (exact) mass is 379 g/mol. The summed E-state index contributed by atoms with van der Waals surface area (Å²) in [5, 5.41) is 2.95. The molecule has 8 nitrogen and oxygen atoms in total. The summed E-state index contributed by atoms with van der Waals surface area (Å²) in [4.78, 5) is 23.1. The first-order valence-electron chi connectivity index (χ1n) is 8.67. The van der Waals surface area contributed by atoms with E-state index in [1.165, 1.54) is 6.07 Å². The summed E-state index contributed by atoms with van der Waals surface area (Å²) < 4.78 is 10.5. The van der Waals surface area contributed by atoms with Crippen LogP contribution in [0.2, 0.25) is 0 Å². The summed E-state index contributed by atoms with van der Waals surface area (Å²) >= 11 is 0. The molecule has 0 saturated carbocycles. The molecule has 0 bridgehead atoms. The Bertz CT molecular complexity index is 1010. The minimum Gasteiger partial charge on any atom is -0.497 e. The number of nitrogens with zero attached hydrogens (tertiary/aromatic N) is 2. The van der Waals surface area contributed by atoms with Gasteiger partial charge in [-0.3, -0.25) is 9.78 Å². The molecule has 0 amide bonds. The molecule has 0 spiro atoms. The van der Waals surface area contributed by atoms with Crippen molar-refractivity contribution in [1.82, 2.24) is 9.97 Å². The fraction of sp³-hybridized carbons (Fsp3) is 0.150. The molecule has 3 aromatic rings. The van der Waals surface area contributed by atoms with Crippen LogP contribution in [0.3, 0.4) is 0 Å². The van der Waals surface area contributed by atoms with Gasteiger partial charge in [-0.15, -0.1) is 0 Å². The Labute approximate surface area is 162 Å². The van der Waals surface area contributed by atoms with Gasteiger partial charge in [-0.2, -0.15) is 4.99 Å². The molecule has 0 fully saturated rings. The van der Waals surface area contributed by atoms with Crippen molar-refractivity contribution in [3.63, 3.8) is 0 Å². The van der Waals surface area contributed by atoms with E-state index < -0.39 is 0 Å². The van der Waals surface area contributed by atoms with E-state index in [0.29, 0.717) is 12.3 Å². The molecule has 0 atom stereocenters. The SMILES string of the molecule is CCOc1ccc(N/C(N)=N/c2nc(-c3ccc(OC)cc3)cc(=O)[nH]2)cc1. The number of benzene rings is 2. The number of nitrogens with two attached hydrogens (primary N) is 1. The third-order valence-corrected chi connectivity index (χ3v) is 3.78. The number of anilines is 1. The summed E-state index contributed by atoms with van der Waals surface area (Å²) in [7, 11) is 1.59. The van der Waals surface area contributed by atoms with Crippen molar-refractivity contribution >= 4 is 17.6 Å². The van der Waals surface area contributed by atoms with Crippen LogP contribution in [0.5, 0.6) is 11.5 Å². The second kappa shape index (κ2) is 8.72. The largest absolute Gasteiger partial charge is 0.497 e. The molecule has 0 radical (unpaired) electrons. The van der Waals surface area contributed by atoms with Gasteiger partial charge in [-0.25, -0.2) is 4.98 Å². The normalized spacial score (nSPS) is 11.1. The molecule has 4 N–H and O–H groups in total. The summed E-state index contributed by atoms with van der Waals surface area (Å²) in [6.07, 6.45) is 0. The summed E-state index contributed by atoms with van der Waals surface area (Å²) in [5.74, 6) is 1.69. The van der Waals surface area contributed by atoms with Gasteiger partial charge in [0.15, 0.2) is 0 Å². The Kier molecular flexibility index (Phi) is 5.91. The number of methoxy groups -OCH3 is 1. The number of H-pyrrole nitrogens is 1. The predicted molar refractivity (Wildman–Crippen MR) is 109 cm³/mol. The van der Waals surface area contributed by atoms with Crippen LogP contribution in [0.1, 0.15) is 6.92 Å². The number of rotatable bonds is 6. The highest BCUT2D eigenvalue weighted by atomic mass is 16.5. The van der Waals surface area contributed by atoms with E-state index >= 15 is 0 Å². The third kappa shape index (κ3) is 4.88. The molecule has 0 aliphatic carbocycles. The molecule has 2 aromatic carbocycles. The van der Waals surface area contributed by atoms with E-state index in [-0.39, 0.29) is 17.5 Å². The predicted octanol–water partition coefficient (Wildman–Crippen LogP) is 2.90. The van der Waals surface area contributed by atoms with Crippen LogP contribution in [0.25, 0.3) is 11.3 Å². The van der Waals surface area contributed by atoms with Crippen LogP contribution in [0, 0.1) is 0 Å². The van der Waals surface area contributed by atoms with Crippen LogP contribution in [-0.4, -0.2) is 29.6 Å². The fourth-order valence-electron chi connectivity index (χ4n) is 2.50. The van der Waals surface area contributed by atoms with E-state index in [4.69, 9.17) is 15.2 Å². The van der Waals surface area contributed by atoms with E-state index in [2.05, 4.69) is 20.3 Å². The lowest BCUT2D eigenvalue weighted by molar-refractivity contribution is 0.340. The standard InChI is InChI=1S/C20H21N5O3/c1-3-28-16-10-6-14(7-11-16)22-19(21)25-20-23-17(12-18(26)24-20)13-4-8-15(27-2)9-5-13/h4-12H,3H2,1-2H3,(H4,21,22,23,24,25,26). The van der Waals surface area contributed by atoms with Gasteiger partial charge in [0.2, 0.25) is 11.9 Å². The second-order valence-corrected chi connectivity index (χ2v) is 5.76. The third-order valence-electron chi connectivity index (χ3n) is 3.78. The second-order valence-electron chi connectivity index (χ2n) is 5.76. The van der Waals surface area contributed by atoms with Crippen LogP contribution in [0.4, 0.5) is 11.6 Å². The Morgan fingerprint density at radius 2 is 1.82 bits per heavy atom. The van der Waals surface area contributed by atoms with Crippen molar-refractivity contribution in [1.29, 1.82) is 0 Å². The van der Waals surface area contributed by atoms with Crippen molar-refractivity contribution in [3.05, 3.63) is 65.0 Å². The van der Waals surface area contributed by atoms with Gasteiger partial charge >= 0.3 is 0 Å². The average molecular weight is 379 g/mol. The number of aromatic nitrogens is 2. The van der Waals surface area contributed by atoms with Crippen LogP contribution in [-0.2, 0) is 0 Å². The number of nitrogens with one attached hydrogen (secondary N) is 2. The molecular formula is C20H21N5O3.